The van der Waals surface area contributed by atoms with E-state index in [2.05, 4.69) is 39.9 Å². The third-order valence-corrected chi connectivity index (χ3v) is 7.37. The molecule has 2 heterocycles. The zero-order valence-electron chi connectivity index (χ0n) is 19.1. The van der Waals surface area contributed by atoms with Crippen molar-refractivity contribution in [1.82, 2.24) is 20.4 Å². The summed E-state index contributed by atoms with van der Waals surface area (Å²) in [4.78, 5) is 21.8. The lowest BCUT2D eigenvalue weighted by atomic mass is 9.69. The fourth-order valence-corrected chi connectivity index (χ4v) is 5.45. The number of hydrogen-bond donors (Lipinski definition) is 2. The Morgan fingerprint density at radius 3 is 2.59 bits per heavy atom. The van der Waals surface area contributed by atoms with Gasteiger partial charge >= 0.3 is 6.03 Å². The Morgan fingerprint density at radius 1 is 1.28 bits per heavy atom. The van der Waals surface area contributed by atoms with Gasteiger partial charge in [0, 0.05) is 25.4 Å². The predicted molar refractivity (Wildman–Crippen MR) is 123 cm³/mol. The summed E-state index contributed by atoms with van der Waals surface area (Å²) in [6.07, 6.45) is 5.45. The summed E-state index contributed by atoms with van der Waals surface area (Å²) in [5.41, 5.74) is 1.78. The van der Waals surface area contributed by atoms with Gasteiger partial charge in [-0.15, -0.1) is 0 Å². The third kappa shape index (κ3) is 3.76. The standard InChI is InChI=1S/C24H32N6O2/c1-18-20(16-27-21(15-25)28-18)29-17-23(30(22(29)31)13-14-32-3)9-11-24(26-2,12-10-23)19-7-5-4-6-8-19/h4-8,16,18,26H,9-14,17H2,1-3H3,(H,27,28). The second-order valence-corrected chi connectivity index (χ2v) is 8.91. The molecule has 0 bridgehead atoms. The molecule has 2 N–H and O–H groups in total. The Balaban J connectivity index is 1.59. The number of urea groups is 1. The molecule has 4 rings (SSSR count). The van der Waals surface area contributed by atoms with Crippen molar-refractivity contribution in [3.8, 4) is 6.07 Å². The van der Waals surface area contributed by atoms with E-state index in [1.54, 1.807) is 13.3 Å². The lowest BCUT2D eigenvalue weighted by Gasteiger charge is -2.48. The predicted octanol–water partition coefficient (Wildman–Crippen LogP) is 2.55. The van der Waals surface area contributed by atoms with Crippen molar-refractivity contribution in [3.05, 3.63) is 47.8 Å². The number of amidine groups is 1. The van der Waals surface area contributed by atoms with Crippen LogP contribution in [0.15, 0.2) is 47.2 Å². The molecule has 2 amide bonds. The molecule has 1 saturated carbocycles. The fourth-order valence-electron chi connectivity index (χ4n) is 5.45. The average Bonchev–Trinajstić information content (AvgIpc) is 3.09. The van der Waals surface area contributed by atoms with Gasteiger partial charge in [0.25, 0.3) is 0 Å². The minimum Gasteiger partial charge on any atom is -0.383 e. The van der Waals surface area contributed by atoms with Crippen LogP contribution in [0.2, 0.25) is 0 Å². The molecule has 2 fully saturated rings. The topological polar surface area (TPSA) is 93.0 Å². The summed E-state index contributed by atoms with van der Waals surface area (Å²) < 4.78 is 5.34. The average molecular weight is 437 g/mol. The second-order valence-electron chi connectivity index (χ2n) is 8.91. The molecule has 170 valence electrons. The van der Waals surface area contributed by atoms with Crippen molar-refractivity contribution in [3.63, 3.8) is 0 Å². The molecule has 1 unspecified atom stereocenters. The van der Waals surface area contributed by atoms with Gasteiger partial charge < -0.3 is 20.3 Å². The van der Waals surface area contributed by atoms with Gasteiger partial charge in [-0.25, -0.2) is 9.79 Å². The first-order valence-corrected chi connectivity index (χ1v) is 11.3. The van der Waals surface area contributed by atoms with Crippen LogP contribution in [0.4, 0.5) is 4.79 Å². The molecule has 0 aromatic heterocycles. The summed E-state index contributed by atoms with van der Waals surface area (Å²) in [7, 11) is 3.70. The van der Waals surface area contributed by atoms with Crippen LogP contribution in [-0.2, 0) is 10.3 Å². The Hall–Kier alpha value is -2.89. The van der Waals surface area contributed by atoms with Crippen molar-refractivity contribution >= 4 is 11.9 Å². The van der Waals surface area contributed by atoms with Gasteiger partial charge in [-0.2, -0.15) is 5.26 Å². The fraction of sp³-hybridized carbons (Fsp3) is 0.542. The van der Waals surface area contributed by atoms with E-state index in [0.29, 0.717) is 19.7 Å². The van der Waals surface area contributed by atoms with Crippen molar-refractivity contribution < 1.29 is 9.53 Å². The van der Waals surface area contributed by atoms with E-state index < -0.39 is 0 Å². The molecular weight excluding hydrogens is 404 g/mol. The van der Waals surface area contributed by atoms with E-state index in [1.807, 2.05) is 35.9 Å². The molecule has 2 aliphatic heterocycles. The Kier molecular flexibility index (Phi) is 6.22. The Morgan fingerprint density at radius 2 is 2.00 bits per heavy atom. The maximum absolute atomic E-state index is 13.6. The molecular formula is C24H32N6O2. The highest BCUT2D eigenvalue weighted by molar-refractivity contribution is 5.98. The molecule has 3 aliphatic rings. The summed E-state index contributed by atoms with van der Waals surface area (Å²) >= 11 is 0. The molecule has 1 saturated heterocycles. The number of carbonyl (C=O) groups is 1. The number of carbonyl (C=O) groups excluding carboxylic acids is 1. The molecule has 1 aromatic rings. The molecule has 8 nitrogen and oxygen atoms in total. The number of aliphatic imine (C=N–C) groups is 1. The van der Waals surface area contributed by atoms with Crippen molar-refractivity contribution in [2.75, 3.05) is 33.9 Å². The molecule has 32 heavy (non-hydrogen) atoms. The molecule has 1 spiro atoms. The van der Waals surface area contributed by atoms with Crippen molar-refractivity contribution in [1.29, 1.82) is 5.26 Å². The van der Waals surface area contributed by atoms with Crippen LogP contribution in [0, 0.1) is 11.3 Å². The maximum Gasteiger partial charge on any atom is 0.325 e. The van der Waals surface area contributed by atoms with Crippen molar-refractivity contribution in [2.24, 2.45) is 4.99 Å². The van der Waals surface area contributed by atoms with Crippen LogP contribution >= 0.6 is 0 Å². The van der Waals surface area contributed by atoms with Crippen LogP contribution in [-0.4, -0.2) is 67.1 Å². The first-order valence-electron chi connectivity index (χ1n) is 11.3. The highest BCUT2D eigenvalue weighted by Gasteiger charge is 2.54. The maximum atomic E-state index is 13.6. The Bertz CT molecular complexity index is 943. The molecule has 1 aliphatic carbocycles. The smallest absolute Gasteiger partial charge is 0.325 e. The van der Waals surface area contributed by atoms with E-state index in [4.69, 9.17) is 10.00 Å². The second kappa shape index (κ2) is 8.93. The van der Waals surface area contributed by atoms with E-state index in [0.717, 1.165) is 31.4 Å². The number of nitrogens with one attached hydrogen (secondary N) is 2. The number of nitriles is 1. The van der Waals surface area contributed by atoms with E-state index in [9.17, 15) is 4.79 Å². The van der Waals surface area contributed by atoms with Crippen LogP contribution in [0.25, 0.3) is 0 Å². The van der Waals surface area contributed by atoms with Gasteiger partial charge in [-0.05, 0) is 45.2 Å². The van der Waals surface area contributed by atoms with Gasteiger partial charge in [0.05, 0.1) is 30.4 Å². The number of rotatable bonds is 6. The molecule has 8 heteroatoms. The molecule has 1 atom stereocenters. The monoisotopic (exact) mass is 436 g/mol. The van der Waals surface area contributed by atoms with E-state index >= 15 is 0 Å². The van der Waals surface area contributed by atoms with Crippen molar-refractivity contribution in [2.45, 2.75) is 49.7 Å². The summed E-state index contributed by atoms with van der Waals surface area (Å²) in [5, 5.41) is 15.6. The quantitative estimate of drug-likeness (QED) is 0.715. The van der Waals surface area contributed by atoms with Crippen LogP contribution < -0.4 is 10.6 Å². The number of amides is 2. The summed E-state index contributed by atoms with van der Waals surface area (Å²) in [6.45, 7) is 3.61. The van der Waals surface area contributed by atoms with Gasteiger partial charge in [0.1, 0.15) is 6.07 Å². The summed E-state index contributed by atoms with van der Waals surface area (Å²) in [6, 6.07) is 12.4. The van der Waals surface area contributed by atoms with E-state index in [1.165, 1.54) is 5.56 Å². The van der Waals surface area contributed by atoms with Crippen LogP contribution in [0.1, 0.15) is 38.2 Å². The lowest BCUT2D eigenvalue weighted by Crippen LogP contribution is -2.55. The largest absolute Gasteiger partial charge is 0.383 e. The first kappa shape index (κ1) is 22.3. The zero-order chi connectivity index (χ0) is 22.8. The van der Waals surface area contributed by atoms with Gasteiger partial charge in [-0.3, -0.25) is 4.90 Å². The normalized spacial score (nSPS) is 30.1. The zero-order valence-corrected chi connectivity index (χ0v) is 19.1. The minimum absolute atomic E-state index is 0.00535. The minimum atomic E-state index is -0.251. The number of methoxy groups -OCH3 is 1. The number of ether oxygens (including phenoxy) is 1. The van der Waals surface area contributed by atoms with Gasteiger partial charge in [0.2, 0.25) is 5.84 Å². The molecule has 1 aromatic carbocycles. The van der Waals surface area contributed by atoms with Crippen LogP contribution in [0.5, 0.6) is 0 Å². The summed E-state index contributed by atoms with van der Waals surface area (Å²) in [5.74, 6) is 0.276. The van der Waals surface area contributed by atoms with Gasteiger partial charge in [0.15, 0.2) is 0 Å². The Labute approximate surface area is 189 Å². The third-order valence-electron chi connectivity index (χ3n) is 7.37. The van der Waals surface area contributed by atoms with Gasteiger partial charge in [-0.1, -0.05) is 30.3 Å². The SMILES string of the molecule is CNC1(c2ccccc2)CCC2(CC1)CN(C1=CNC(C#N)=NC1C)C(=O)N2CCOC. The van der Waals surface area contributed by atoms with Crippen LogP contribution in [0.3, 0.4) is 0 Å². The highest BCUT2D eigenvalue weighted by Crippen LogP contribution is 2.47. The number of hydrogen-bond acceptors (Lipinski definition) is 6. The first-order chi connectivity index (χ1) is 15.5. The molecule has 0 radical (unpaired) electrons. The highest BCUT2D eigenvalue weighted by atomic mass is 16.5. The van der Waals surface area contributed by atoms with E-state index in [-0.39, 0.29) is 29.0 Å². The number of benzene rings is 1. The number of nitrogens with zero attached hydrogens (tertiary/aromatic N) is 4. The lowest BCUT2D eigenvalue weighted by molar-refractivity contribution is 0.0595.